The van der Waals surface area contributed by atoms with E-state index in [0.717, 1.165) is 48.4 Å². The fourth-order valence-electron chi connectivity index (χ4n) is 6.19. The van der Waals surface area contributed by atoms with Gasteiger partial charge in [-0.1, -0.05) is 60.1 Å². The van der Waals surface area contributed by atoms with Crippen molar-refractivity contribution in [2.75, 3.05) is 6.54 Å². The Morgan fingerprint density at radius 3 is 2.08 bits per heavy atom. The van der Waals surface area contributed by atoms with Crippen LogP contribution in [-0.2, 0) is 16.1 Å². The Morgan fingerprint density at radius 2 is 1.46 bits per heavy atom. The van der Waals surface area contributed by atoms with Crippen molar-refractivity contribution < 1.29 is 14.3 Å². The lowest BCUT2D eigenvalue weighted by Crippen LogP contribution is -2.51. The molecule has 0 spiro atoms. The second kappa shape index (κ2) is 10.2. The van der Waals surface area contributed by atoms with Gasteiger partial charge in [-0.05, 0) is 55.5 Å². The van der Waals surface area contributed by atoms with Gasteiger partial charge in [0.15, 0.2) is 0 Å². The molecular formula is C30H30ClN3O3. The smallest absolute Gasteiger partial charge is 0.239 e. The third-order valence-electron chi connectivity index (χ3n) is 7.89. The van der Waals surface area contributed by atoms with E-state index in [1.165, 1.54) is 5.56 Å². The van der Waals surface area contributed by atoms with Crippen LogP contribution in [0.25, 0.3) is 0 Å². The molecule has 2 fully saturated rings. The maximum absolute atomic E-state index is 13.3. The number of carbonyl (C=O) groups is 2. The van der Waals surface area contributed by atoms with Crippen LogP contribution in [0.15, 0.2) is 72.8 Å². The van der Waals surface area contributed by atoms with Gasteiger partial charge in [0.1, 0.15) is 11.5 Å². The van der Waals surface area contributed by atoms with Gasteiger partial charge >= 0.3 is 0 Å². The first-order valence-electron chi connectivity index (χ1n) is 13.0. The molecule has 37 heavy (non-hydrogen) atoms. The zero-order chi connectivity index (χ0) is 25.4. The minimum atomic E-state index is -0.513. The van der Waals surface area contributed by atoms with Crippen molar-refractivity contribution in [1.82, 2.24) is 15.5 Å². The molecule has 0 aliphatic carbocycles. The summed E-state index contributed by atoms with van der Waals surface area (Å²) < 4.78 is 5.99. The average Bonchev–Trinajstić information content (AvgIpc) is 3.13. The zero-order valence-corrected chi connectivity index (χ0v) is 21.3. The number of fused-ring (bicyclic) bond motifs is 4. The van der Waals surface area contributed by atoms with Crippen molar-refractivity contribution in [3.63, 3.8) is 0 Å². The third kappa shape index (κ3) is 4.96. The minimum absolute atomic E-state index is 0.0408. The summed E-state index contributed by atoms with van der Waals surface area (Å²) in [7, 11) is 0. The first-order valence-corrected chi connectivity index (χ1v) is 13.4. The standard InChI is InChI=1S/C30H30ClN3O3/c31-20-11-9-19(10-12-20)18-34-22-13-14-23(34)16-21(15-22)33-28(35)17-32-30(36)29-24-5-1-3-7-26(24)37-27-8-4-2-6-25(27)29/h1-12,21-23,29H,13-18H2,(H,32,36)(H,33,35). The van der Waals surface area contributed by atoms with Crippen LogP contribution in [0.1, 0.15) is 48.3 Å². The molecule has 6 nitrogen and oxygen atoms in total. The largest absolute Gasteiger partial charge is 0.457 e. The Hall–Kier alpha value is -3.35. The molecule has 2 saturated heterocycles. The van der Waals surface area contributed by atoms with Crippen molar-refractivity contribution in [3.8, 4) is 11.5 Å². The zero-order valence-electron chi connectivity index (χ0n) is 20.5. The number of nitrogens with zero attached hydrogens (tertiary/aromatic N) is 1. The topological polar surface area (TPSA) is 70.7 Å². The molecule has 0 saturated carbocycles. The van der Waals surface area contributed by atoms with Crippen LogP contribution < -0.4 is 15.4 Å². The van der Waals surface area contributed by atoms with Crippen LogP contribution in [0.4, 0.5) is 0 Å². The molecule has 2 atom stereocenters. The van der Waals surface area contributed by atoms with Crippen molar-refractivity contribution in [2.45, 2.75) is 56.3 Å². The maximum Gasteiger partial charge on any atom is 0.239 e. The van der Waals surface area contributed by atoms with Gasteiger partial charge in [0.05, 0.1) is 12.5 Å². The molecule has 190 valence electrons. The second-order valence-electron chi connectivity index (χ2n) is 10.2. The van der Waals surface area contributed by atoms with Gasteiger partial charge in [-0.2, -0.15) is 0 Å². The minimum Gasteiger partial charge on any atom is -0.457 e. The number of hydrogen-bond donors (Lipinski definition) is 2. The Balaban J connectivity index is 1.05. The Bertz CT molecular complexity index is 1250. The molecule has 3 aromatic rings. The number of halogens is 1. The van der Waals surface area contributed by atoms with E-state index in [0.29, 0.717) is 23.6 Å². The molecule has 0 radical (unpaired) electrons. The molecule has 3 aliphatic rings. The van der Waals surface area contributed by atoms with Gasteiger partial charge in [0.25, 0.3) is 0 Å². The third-order valence-corrected chi connectivity index (χ3v) is 8.15. The van der Waals surface area contributed by atoms with E-state index in [9.17, 15) is 9.59 Å². The first-order chi connectivity index (χ1) is 18.0. The van der Waals surface area contributed by atoms with E-state index in [1.807, 2.05) is 60.7 Å². The van der Waals surface area contributed by atoms with E-state index >= 15 is 0 Å². The highest BCUT2D eigenvalue weighted by Gasteiger charge is 2.41. The lowest BCUT2D eigenvalue weighted by Gasteiger charge is -2.39. The number of ether oxygens (including phenoxy) is 1. The van der Waals surface area contributed by atoms with E-state index < -0.39 is 5.92 Å². The van der Waals surface area contributed by atoms with E-state index in [1.54, 1.807) is 0 Å². The van der Waals surface area contributed by atoms with Crippen molar-refractivity contribution >= 4 is 23.4 Å². The number of rotatable bonds is 6. The number of amides is 2. The number of hydrogen-bond acceptors (Lipinski definition) is 4. The molecule has 3 aromatic carbocycles. The summed E-state index contributed by atoms with van der Waals surface area (Å²) in [5.74, 6) is 0.493. The number of benzene rings is 3. The molecule has 2 N–H and O–H groups in total. The quantitative estimate of drug-likeness (QED) is 0.484. The van der Waals surface area contributed by atoms with Crippen LogP contribution in [0.2, 0.25) is 5.02 Å². The second-order valence-corrected chi connectivity index (χ2v) is 10.7. The number of para-hydroxylation sites is 2. The highest BCUT2D eigenvalue weighted by Crippen LogP contribution is 2.44. The molecule has 2 amide bonds. The van der Waals surface area contributed by atoms with Gasteiger partial charge in [-0.15, -0.1) is 0 Å². The summed E-state index contributed by atoms with van der Waals surface area (Å²) in [5, 5.41) is 6.82. The fourth-order valence-corrected chi connectivity index (χ4v) is 6.32. The first kappa shape index (κ1) is 24.0. The Kier molecular flexibility index (Phi) is 6.61. The normalized spacial score (nSPS) is 22.5. The van der Waals surface area contributed by atoms with Crippen LogP contribution in [0.5, 0.6) is 11.5 Å². The lowest BCUT2D eigenvalue weighted by molar-refractivity contribution is -0.127. The van der Waals surface area contributed by atoms with Gasteiger partial charge in [-0.25, -0.2) is 0 Å². The van der Waals surface area contributed by atoms with Crippen LogP contribution in [-0.4, -0.2) is 41.4 Å². The summed E-state index contributed by atoms with van der Waals surface area (Å²) >= 11 is 6.04. The summed E-state index contributed by atoms with van der Waals surface area (Å²) in [6.07, 6.45) is 4.18. The van der Waals surface area contributed by atoms with Crippen molar-refractivity contribution in [3.05, 3.63) is 94.5 Å². The molecule has 3 aliphatic heterocycles. The summed E-state index contributed by atoms with van der Waals surface area (Å²) in [4.78, 5) is 28.7. The number of carbonyl (C=O) groups excluding carboxylic acids is 2. The highest BCUT2D eigenvalue weighted by atomic mass is 35.5. The summed E-state index contributed by atoms with van der Waals surface area (Å²) in [5.41, 5.74) is 2.88. The van der Waals surface area contributed by atoms with Gasteiger partial charge < -0.3 is 15.4 Å². The van der Waals surface area contributed by atoms with Crippen LogP contribution in [0.3, 0.4) is 0 Å². The van der Waals surface area contributed by atoms with E-state index in [-0.39, 0.29) is 24.4 Å². The van der Waals surface area contributed by atoms with Crippen LogP contribution in [0, 0.1) is 0 Å². The molecule has 7 heteroatoms. The monoisotopic (exact) mass is 515 g/mol. The van der Waals surface area contributed by atoms with E-state index in [4.69, 9.17) is 16.3 Å². The predicted molar refractivity (Wildman–Crippen MR) is 143 cm³/mol. The van der Waals surface area contributed by atoms with Gasteiger partial charge in [0, 0.05) is 40.8 Å². The lowest BCUT2D eigenvalue weighted by atomic mass is 9.87. The Labute approximate surface area is 222 Å². The van der Waals surface area contributed by atoms with Gasteiger partial charge in [-0.3, -0.25) is 14.5 Å². The molecule has 2 bridgehead atoms. The maximum atomic E-state index is 13.3. The molecule has 3 heterocycles. The van der Waals surface area contributed by atoms with Gasteiger partial charge in [0.2, 0.25) is 11.8 Å². The van der Waals surface area contributed by atoms with E-state index in [2.05, 4.69) is 27.7 Å². The molecule has 6 rings (SSSR count). The Morgan fingerprint density at radius 1 is 0.865 bits per heavy atom. The average molecular weight is 516 g/mol. The molecular weight excluding hydrogens is 486 g/mol. The SMILES string of the molecule is O=C(CNC(=O)C1c2ccccc2Oc2ccccc21)NC1CC2CCC(C1)N2Cc1ccc(Cl)cc1. The van der Waals surface area contributed by atoms with Crippen molar-refractivity contribution in [1.29, 1.82) is 0 Å². The summed E-state index contributed by atoms with van der Waals surface area (Å²) in [6.45, 7) is 0.873. The summed E-state index contributed by atoms with van der Waals surface area (Å²) in [6, 6.07) is 24.3. The fraction of sp³-hybridized carbons (Fsp3) is 0.333. The van der Waals surface area contributed by atoms with Crippen molar-refractivity contribution in [2.24, 2.45) is 0 Å². The number of piperidine rings is 1. The molecule has 2 unspecified atom stereocenters. The molecule has 0 aromatic heterocycles. The predicted octanol–water partition coefficient (Wildman–Crippen LogP) is 5.01. The number of nitrogens with one attached hydrogen (secondary N) is 2. The highest BCUT2D eigenvalue weighted by molar-refractivity contribution is 6.30. The van der Waals surface area contributed by atoms with Crippen LogP contribution >= 0.6 is 11.6 Å².